The molecule has 0 bridgehead atoms. The van der Waals surface area contributed by atoms with Crippen LogP contribution in [0.25, 0.3) is 10.2 Å². The molecule has 28 heavy (non-hydrogen) atoms. The van der Waals surface area contributed by atoms with Crippen LogP contribution in [0, 0.1) is 0 Å². The van der Waals surface area contributed by atoms with Gasteiger partial charge in [-0.1, -0.05) is 0 Å². The van der Waals surface area contributed by atoms with Gasteiger partial charge >= 0.3 is 0 Å². The van der Waals surface area contributed by atoms with Crippen molar-refractivity contribution in [2.24, 2.45) is 0 Å². The molecular formula is C20H26N4O3S. The Hall–Kier alpha value is -1.77. The van der Waals surface area contributed by atoms with Gasteiger partial charge in [0.25, 0.3) is 11.5 Å². The summed E-state index contributed by atoms with van der Waals surface area (Å²) in [6.45, 7) is 4.32. The molecule has 1 amide bonds. The summed E-state index contributed by atoms with van der Waals surface area (Å²) in [4.78, 5) is 39.4. The molecule has 2 aromatic rings. The highest BCUT2D eigenvalue weighted by Gasteiger charge is 2.30. The normalized spacial score (nSPS) is 23.3. The number of fused-ring (bicyclic) bond motifs is 3. The first-order chi connectivity index (χ1) is 13.7. The molecule has 0 saturated carbocycles. The molecular weight excluding hydrogens is 376 g/mol. The van der Waals surface area contributed by atoms with Gasteiger partial charge in [-0.2, -0.15) is 0 Å². The number of thiophene rings is 1. The lowest BCUT2D eigenvalue weighted by atomic mass is 9.97. The summed E-state index contributed by atoms with van der Waals surface area (Å²) in [7, 11) is 0. The molecule has 1 N–H and O–H groups in total. The fourth-order valence-corrected chi connectivity index (χ4v) is 5.88. The van der Waals surface area contributed by atoms with E-state index in [1.807, 2.05) is 4.90 Å². The lowest BCUT2D eigenvalue weighted by molar-refractivity contribution is -0.142. The van der Waals surface area contributed by atoms with Gasteiger partial charge in [0.15, 0.2) is 0 Å². The van der Waals surface area contributed by atoms with Gasteiger partial charge in [-0.3, -0.25) is 14.5 Å². The highest BCUT2D eigenvalue weighted by molar-refractivity contribution is 7.18. The van der Waals surface area contributed by atoms with Gasteiger partial charge in [-0.15, -0.1) is 11.3 Å². The van der Waals surface area contributed by atoms with Gasteiger partial charge in [-0.25, -0.2) is 4.98 Å². The van der Waals surface area contributed by atoms with Crippen LogP contribution in [0.5, 0.6) is 0 Å². The lowest BCUT2D eigenvalue weighted by Gasteiger charge is -2.35. The molecule has 8 heteroatoms. The van der Waals surface area contributed by atoms with Crippen LogP contribution < -0.4 is 5.56 Å². The number of aromatic amines is 1. The number of aromatic nitrogens is 2. The Bertz CT molecular complexity index is 939. The summed E-state index contributed by atoms with van der Waals surface area (Å²) in [6.07, 6.45) is 6.02. The molecule has 2 aromatic heterocycles. The predicted molar refractivity (Wildman–Crippen MR) is 108 cm³/mol. The van der Waals surface area contributed by atoms with Crippen LogP contribution in [-0.2, 0) is 28.9 Å². The summed E-state index contributed by atoms with van der Waals surface area (Å²) >= 11 is 1.69. The van der Waals surface area contributed by atoms with E-state index >= 15 is 0 Å². The fourth-order valence-electron chi connectivity index (χ4n) is 4.60. The summed E-state index contributed by atoms with van der Waals surface area (Å²) in [5.74, 6) is 0.865. The van der Waals surface area contributed by atoms with E-state index in [-0.39, 0.29) is 17.6 Å². The van der Waals surface area contributed by atoms with Crippen LogP contribution in [0.1, 0.15) is 41.9 Å². The van der Waals surface area contributed by atoms with Crippen molar-refractivity contribution in [2.45, 2.75) is 51.2 Å². The van der Waals surface area contributed by atoms with E-state index in [2.05, 4.69) is 9.88 Å². The Balaban J connectivity index is 1.26. The molecule has 2 saturated heterocycles. The number of amides is 1. The molecule has 0 spiro atoms. The van der Waals surface area contributed by atoms with Gasteiger partial charge < -0.3 is 14.6 Å². The van der Waals surface area contributed by atoms with Crippen LogP contribution in [-0.4, -0.2) is 64.6 Å². The third kappa shape index (κ3) is 3.38. The summed E-state index contributed by atoms with van der Waals surface area (Å²) in [5, 5.41) is 0.815. The van der Waals surface area contributed by atoms with E-state index in [0.717, 1.165) is 61.2 Å². The Morgan fingerprint density at radius 2 is 2.00 bits per heavy atom. The zero-order valence-electron chi connectivity index (χ0n) is 16.0. The van der Waals surface area contributed by atoms with E-state index in [4.69, 9.17) is 9.72 Å². The zero-order chi connectivity index (χ0) is 19.1. The zero-order valence-corrected chi connectivity index (χ0v) is 16.9. The quantitative estimate of drug-likeness (QED) is 0.845. The molecule has 2 fully saturated rings. The van der Waals surface area contributed by atoms with Crippen molar-refractivity contribution in [2.75, 3.05) is 32.8 Å². The molecule has 3 aliphatic rings. The van der Waals surface area contributed by atoms with Gasteiger partial charge in [0.2, 0.25) is 0 Å². The van der Waals surface area contributed by atoms with Gasteiger partial charge in [0, 0.05) is 37.7 Å². The number of carbonyl (C=O) groups is 1. The molecule has 0 radical (unpaired) electrons. The Labute approximate surface area is 167 Å². The van der Waals surface area contributed by atoms with Gasteiger partial charge in [0.1, 0.15) is 16.8 Å². The largest absolute Gasteiger partial charge is 0.368 e. The highest BCUT2D eigenvalue weighted by atomic mass is 32.1. The monoisotopic (exact) mass is 402 g/mol. The van der Waals surface area contributed by atoms with Crippen molar-refractivity contribution in [3.63, 3.8) is 0 Å². The van der Waals surface area contributed by atoms with E-state index in [1.54, 1.807) is 11.3 Å². The van der Waals surface area contributed by atoms with Crippen molar-refractivity contribution < 1.29 is 9.53 Å². The second kappa shape index (κ2) is 7.57. The average molecular weight is 403 g/mol. The number of rotatable bonds is 3. The van der Waals surface area contributed by atoms with Crippen LogP contribution >= 0.6 is 11.3 Å². The third-order valence-electron chi connectivity index (χ3n) is 6.14. The minimum Gasteiger partial charge on any atom is -0.368 e. The number of piperazine rings is 1. The maximum atomic E-state index is 12.7. The van der Waals surface area contributed by atoms with Crippen molar-refractivity contribution in [3.05, 3.63) is 26.6 Å². The second-order valence-electron chi connectivity index (χ2n) is 8.01. The summed E-state index contributed by atoms with van der Waals surface area (Å²) < 4.78 is 5.53. The van der Waals surface area contributed by atoms with E-state index in [0.29, 0.717) is 26.2 Å². The molecule has 1 atom stereocenters. The molecule has 1 aliphatic carbocycles. The van der Waals surface area contributed by atoms with Crippen LogP contribution in [0.3, 0.4) is 0 Å². The number of H-pyrrole nitrogens is 1. The predicted octanol–water partition coefficient (Wildman–Crippen LogP) is 1.69. The lowest BCUT2D eigenvalue weighted by Crippen LogP contribution is -2.51. The SMILES string of the molecule is O=C(C1CCCO1)N1CCN(Cc2nc3sc4c(c3c(=O)[nH]2)CCCC4)CC1. The number of hydrogen-bond donors (Lipinski definition) is 1. The molecule has 0 aromatic carbocycles. The number of carbonyl (C=O) groups excluding carboxylic acids is 1. The number of nitrogens with one attached hydrogen (secondary N) is 1. The molecule has 4 heterocycles. The second-order valence-corrected chi connectivity index (χ2v) is 9.09. The number of aryl methyl sites for hydroxylation is 2. The Morgan fingerprint density at radius 1 is 1.18 bits per heavy atom. The van der Waals surface area contributed by atoms with Crippen LogP contribution in [0.4, 0.5) is 0 Å². The fraction of sp³-hybridized carbons (Fsp3) is 0.650. The van der Waals surface area contributed by atoms with Gasteiger partial charge in [0.05, 0.1) is 11.9 Å². The Morgan fingerprint density at radius 3 is 2.79 bits per heavy atom. The average Bonchev–Trinajstić information content (AvgIpc) is 3.36. The van der Waals surface area contributed by atoms with Gasteiger partial charge in [-0.05, 0) is 44.1 Å². The maximum Gasteiger partial charge on any atom is 0.259 e. The first-order valence-corrected chi connectivity index (χ1v) is 11.2. The Kier molecular flexibility index (Phi) is 4.94. The topological polar surface area (TPSA) is 78.5 Å². The molecule has 5 rings (SSSR count). The van der Waals surface area contributed by atoms with E-state index in [9.17, 15) is 9.59 Å². The first kappa shape index (κ1) is 18.3. The minimum atomic E-state index is -0.239. The number of nitrogens with zero attached hydrogens (tertiary/aromatic N) is 3. The van der Waals surface area contributed by atoms with Crippen molar-refractivity contribution in [1.82, 2.24) is 19.8 Å². The minimum absolute atomic E-state index is 0.00611. The molecule has 2 aliphatic heterocycles. The van der Waals surface area contributed by atoms with Crippen molar-refractivity contribution in [1.29, 1.82) is 0 Å². The standard InChI is InChI=1S/C20H26N4O3S/c25-18-17-13-4-1-2-6-15(13)28-19(17)22-16(21-18)12-23-7-9-24(10-8-23)20(26)14-5-3-11-27-14/h14H,1-12H2,(H,21,22,25). The smallest absolute Gasteiger partial charge is 0.259 e. The third-order valence-corrected chi connectivity index (χ3v) is 7.32. The maximum absolute atomic E-state index is 12.7. The van der Waals surface area contributed by atoms with Crippen LogP contribution in [0.15, 0.2) is 4.79 Å². The first-order valence-electron chi connectivity index (χ1n) is 10.4. The molecule has 150 valence electrons. The summed E-state index contributed by atoms with van der Waals surface area (Å²) in [6, 6.07) is 0. The van der Waals surface area contributed by atoms with E-state index in [1.165, 1.54) is 16.9 Å². The molecule has 7 nitrogen and oxygen atoms in total. The van der Waals surface area contributed by atoms with Crippen molar-refractivity contribution >= 4 is 27.5 Å². The van der Waals surface area contributed by atoms with Crippen molar-refractivity contribution in [3.8, 4) is 0 Å². The summed E-state index contributed by atoms with van der Waals surface area (Å²) in [5.41, 5.74) is 1.24. The van der Waals surface area contributed by atoms with E-state index < -0.39 is 0 Å². The number of ether oxygens (including phenoxy) is 1. The highest BCUT2D eigenvalue weighted by Crippen LogP contribution is 2.33. The van der Waals surface area contributed by atoms with Crippen LogP contribution in [0.2, 0.25) is 0 Å². The number of hydrogen-bond acceptors (Lipinski definition) is 6. The molecule has 1 unspecified atom stereocenters.